The van der Waals surface area contributed by atoms with E-state index in [1.807, 2.05) is 0 Å². The third-order valence-electron chi connectivity index (χ3n) is 1.80. The first-order valence-electron chi connectivity index (χ1n) is 3.22. The van der Waals surface area contributed by atoms with Crippen molar-refractivity contribution in [1.82, 2.24) is 0 Å². The molecule has 0 fully saturated rings. The van der Waals surface area contributed by atoms with E-state index in [2.05, 4.69) is 0 Å². The van der Waals surface area contributed by atoms with Gasteiger partial charge in [0.25, 0.3) is 0 Å². The van der Waals surface area contributed by atoms with E-state index in [0.717, 1.165) is 0 Å². The van der Waals surface area contributed by atoms with Gasteiger partial charge in [0, 0.05) is 0 Å². The lowest BCUT2D eigenvalue weighted by Crippen LogP contribution is -2.37. The highest BCUT2D eigenvalue weighted by Gasteiger charge is 2.39. The van der Waals surface area contributed by atoms with Crippen LogP contribution >= 0.6 is 7.60 Å². The van der Waals surface area contributed by atoms with Gasteiger partial charge >= 0.3 is 7.60 Å². The molecule has 0 aromatic heterocycles. The topological polar surface area (TPSA) is 83.6 Å². The molecule has 0 spiro atoms. The first kappa shape index (κ1) is 10.1. The van der Waals surface area contributed by atoms with Gasteiger partial charge in [0.15, 0.2) is 0 Å². The number of rotatable bonds is 3. The minimum Gasteiger partial charge on any atom is -0.323 e. The largest absolute Gasteiger partial charge is 0.345 e. The fraction of sp³-hybridized carbons (Fsp3) is 1.00. The van der Waals surface area contributed by atoms with E-state index in [0.29, 0.717) is 12.8 Å². The standard InChI is InChI=1S/C5H14NO3P/c1-3-5(6,4-2)10(7,8)9/h3-4,6H2,1-2H3,(H2,7,8,9). The molecule has 0 aliphatic carbocycles. The average molecular weight is 167 g/mol. The van der Waals surface area contributed by atoms with Gasteiger partial charge in [0.05, 0.1) is 0 Å². The Balaban J connectivity index is 4.50. The molecule has 4 nitrogen and oxygen atoms in total. The Morgan fingerprint density at radius 1 is 1.40 bits per heavy atom. The first-order valence-corrected chi connectivity index (χ1v) is 4.83. The summed E-state index contributed by atoms with van der Waals surface area (Å²) < 4.78 is 10.7. The van der Waals surface area contributed by atoms with E-state index in [4.69, 9.17) is 15.5 Å². The molecular weight excluding hydrogens is 153 g/mol. The van der Waals surface area contributed by atoms with Crippen LogP contribution in [0, 0.1) is 0 Å². The lowest BCUT2D eigenvalue weighted by Gasteiger charge is -2.26. The second-order valence-electron chi connectivity index (χ2n) is 2.35. The summed E-state index contributed by atoms with van der Waals surface area (Å²) in [7, 11) is -4.11. The summed E-state index contributed by atoms with van der Waals surface area (Å²) in [6.07, 6.45) is 0.599. The number of nitrogens with two attached hydrogens (primary N) is 1. The Bertz CT molecular complexity index is 149. The molecule has 62 valence electrons. The molecule has 0 atom stereocenters. The highest BCUT2D eigenvalue weighted by atomic mass is 31.2. The van der Waals surface area contributed by atoms with E-state index >= 15 is 0 Å². The molecule has 0 heterocycles. The lowest BCUT2D eigenvalue weighted by molar-refractivity contribution is 0.316. The van der Waals surface area contributed by atoms with Crippen LogP contribution in [0.4, 0.5) is 0 Å². The maximum atomic E-state index is 10.7. The minimum absolute atomic E-state index is 0.299. The summed E-state index contributed by atoms with van der Waals surface area (Å²) in [6, 6.07) is 0. The molecule has 0 aliphatic rings. The van der Waals surface area contributed by atoms with Crippen molar-refractivity contribution in [2.75, 3.05) is 0 Å². The molecular formula is C5H14NO3P. The quantitative estimate of drug-likeness (QED) is 0.538. The van der Waals surface area contributed by atoms with Gasteiger partial charge in [-0.2, -0.15) is 0 Å². The Labute approximate surface area is 60.6 Å². The van der Waals surface area contributed by atoms with E-state index in [9.17, 15) is 4.57 Å². The minimum atomic E-state index is -4.11. The third kappa shape index (κ3) is 1.80. The number of hydrogen-bond acceptors (Lipinski definition) is 2. The van der Waals surface area contributed by atoms with Gasteiger partial charge in [0.2, 0.25) is 0 Å². The van der Waals surface area contributed by atoms with Crippen molar-refractivity contribution in [3.8, 4) is 0 Å². The van der Waals surface area contributed by atoms with Gasteiger partial charge in [-0.25, -0.2) is 0 Å². The molecule has 0 aromatic rings. The highest BCUT2D eigenvalue weighted by molar-refractivity contribution is 7.53. The van der Waals surface area contributed by atoms with Gasteiger partial charge in [-0.1, -0.05) is 13.8 Å². The Morgan fingerprint density at radius 2 is 1.70 bits per heavy atom. The van der Waals surface area contributed by atoms with Crippen LogP contribution in [0.15, 0.2) is 0 Å². The summed E-state index contributed by atoms with van der Waals surface area (Å²) in [4.78, 5) is 17.4. The normalized spacial score (nSPS) is 13.7. The van der Waals surface area contributed by atoms with Crippen molar-refractivity contribution in [2.45, 2.75) is 32.0 Å². The van der Waals surface area contributed by atoms with Gasteiger partial charge < -0.3 is 15.5 Å². The molecule has 0 aromatic carbocycles. The van der Waals surface area contributed by atoms with Crippen LogP contribution < -0.4 is 5.73 Å². The van der Waals surface area contributed by atoms with Gasteiger partial charge in [0.1, 0.15) is 5.28 Å². The van der Waals surface area contributed by atoms with Crippen LogP contribution in [0.5, 0.6) is 0 Å². The van der Waals surface area contributed by atoms with Crippen LogP contribution in [-0.2, 0) is 4.57 Å². The fourth-order valence-corrected chi connectivity index (χ4v) is 1.49. The monoisotopic (exact) mass is 167 g/mol. The fourth-order valence-electron chi connectivity index (χ4n) is 0.662. The summed E-state index contributed by atoms with van der Waals surface area (Å²) in [6.45, 7) is 3.34. The van der Waals surface area contributed by atoms with E-state index in [1.165, 1.54) is 0 Å². The SMILES string of the molecule is CCC(N)(CC)P(=O)(O)O. The molecule has 10 heavy (non-hydrogen) atoms. The molecule has 4 N–H and O–H groups in total. The molecule has 0 saturated carbocycles. The molecule has 0 aliphatic heterocycles. The van der Waals surface area contributed by atoms with Crippen molar-refractivity contribution >= 4 is 7.60 Å². The number of hydrogen-bond donors (Lipinski definition) is 3. The highest BCUT2D eigenvalue weighted by Crippen LogP contribution is 2.50. The summed E-state index contributed by atoms with van der Waals surface area (Å²) >= 11 is 0. The zero-order valence-corrected chi connectivity index (χ0v) is 7.14. The molecule has 0 bridgehead atoms. The third-order valence-corrected chi connectivity index (χ3v) is 3.60. The van der Waals surface area contributed by atoms with Crippen LogP contribution in [0.2, 0.25) is 0 Å². The van der Waals surface area contributed by atoms with E-state index < -0.39 is 12.9 Å². The van der Waals surface area contributed by atoms with Crippen LogP contribution in [0.1, 0.15) is 26.7 Å². The van der Waals surface area contributed by atoms with Crippen LogP contribution in [0.3, 0.4) is 0 Å². The van der Waals surface area contributed by atoms with Gasteiger partial charge in [-0.3, -0.25) is 4.57 Å². The zero-order valence-electron chi connectivity index (χ0n) is 6.24. The molecule has 5 heteroatoms. The van der Waals surface area contributed by atoms with Gasteiger partial charge in [-0.05, 0) is 12.8 Å². The smallest absolute Gasteiger partial charge is 0.323 e. The maximum Gasteiger partial charge on any atom is 0.345 e. The van der Waals surface area contributed by atoms with Crippen molar-refractivity contribution in [3.63, 3.8) is 0 Å². The first-order chi connectivity index (χ1) is 4.37. The molecule has 0 amide bonds. The second kappa shape index (κ2) is 3.01. The van der Waals surface area contributed by atoms with Crippen molar-refractivity contribution in [2.24, 2.45) is 5.73 Å². The predicted molar refractivity (Wildman–Crippen MR) is 39.5 cm³/mol. The van der Waals surface area contributed by atoms with E-state index in [-0.39, 0.29) is 0 Å². The lowest BCUT2D eigenvalue weighted by atomic mass is 10.2. The van der Waals surface area contributed by atoms with Crippen LogP contribution in [0.25, 0.3) is 0 Å². The Morgan fingerprint density at radius 3 is 1.70 bits per heavy atom. The van der Waals surface area contributed by atoms with Crippen molar-refractivity contribution < 1.29 is 14.4 Å². The van der Waals surface area contributed by atoms with Gasteiger partial charge in [-0.15, -0.1) is 0 Å². The molecule has 0 saturated heterocycles. The van der Waals surface area contributed by atoms with Crippen LogP contribution in [-0.4, -0.2) is 15.1 Å². The Hall–Kier alpha value is 0.110. The second-order valence-corrected chi connectivity index (χ2v) is 4.33. The summed E-state index contributed by atoms with van der Waals surface area (Å²) in [5, 5.41) is -1.31. The summed E-state index contributed by atoms with van der Waals surface area (Å²) in [5.41, 5.74) is 5.41. The summed E-state index contributed by atoms with van der Waals surface area (Å²) in [5.74, 6) is 0. The van der Waals surface area contributed by atoms with Crippen molar-refractivity contribution in [1.29, 1.82) is 0 Å². The molecule has 0 radical (unpaired) electrons. The predicted octanol–water partition coefficient (Wildman–Crippen LogP) is 0.639. The van der Waals surface area contributed by atoms with Crippen molar-refractivity contribution in [3.05, 3.63) is 0 Å². The molecule has 0 unspecified atom stereocenters. The molecule has 0 rings (SSSR count). The maximum absolute atomic E-state index is 10.7. The van der Waals surface area contributed by atoms with E-state index in [1.54, 1.807) is 13.8 Å². The average Bonchev–Trinajstić information content (AvgIpc) is 1.84. The zero-order chi connectivity index (χ0) is 8.41. The Kier molecular flexibility index (Phi) is 3.04.